The van der Waals surface area contributed by atoms with Gasteiger partial charge >= 0.3 is 6.18 Å². The van der Waals surface area contributed by atoms with Crippen LogP contribution in [-0.4, -0.2) is 37.3 Å². The van der Waals surface area contributed by atoms with Gasteiger partial charge in [-0.05, 0) is 18.2 Å². The Balaban J connectivity index is 1.97. The Morgan fingerprint density at radius 1 is 1.33 bits per heavy atom. The molecule has 1 aromatic rings. The number of hydrogen-bond donors (Lipinski definition) is 0. The molecule has 1 aliphatic carbocycles. The van der Waals surface area contributed by atoms with Crippen LogP contribution in [-0.2, 0) is 14.6 Å². The Hall–Kier alpha value is -2.16. The van der Waals surface area contributed by atoms with E-state index in [9.17, 15) is 21.6 Å². The van der Waals surface area contributed by atoms with Gasteiger partial charge in [-0.1, -0.05) is 13.0 Å². The highest BCUT2D eigenvalue weighted by Crippen LogP contribution is 2.37. The van der Waals surface area contributed by atoms with Crippen LogP contribution in [0.4, 0.5) is 13.2 Å². The minimum atomic E-state index is -4.43. The van der Waals surface area contributed by atoms with Crippen LogP contribution in [0.5, 0.6) is 0 Å². The molecule has 0 fully saturated rings. The number of aliphatic imine (C=N–C) groups is 1. The van der Waals surface area contributed by atoms with Gasteiger partial charge in [0.05, 0.1) is 10.6 Å². The van der Waals surface area contributed by atoms with Crippen molar-refractivity contribution in [1.82, 2.24) is 4.98 Å². The first kappa shape index (κ1) is 16.7. The van der Waals surface area contributed by atoms with E-state index in [1.807, 2.05) is 0 Å². The lowest BCUT2D eigenvalue weighted by Gasteiger charge is -2.17. The van der Waals surface area contributed by atoms with E-state index in [4.69, 9.17) is 4.74 Å². The van der Waals surface area contributed by atoms with E-state index in [0.717, 1.165) is 6.08 Å². The summed E-state index contributed by atoms with van der Waals surface area (Å²) >= 11 is 0. The fourth-order valence-corrected chi connectivity index (χ4v) is 3.47. The Kier molecular flexibility index (Phi) is 3.98. The van der Waals surface area contributed by atoms with E-state index < -0.39 is 27.6 Å². The lowest BCUT2D eigenvalue weighted by Crippen LogP contribution is -2.19. The number of alkyl halides is 3. The molecule has 9 heteroatoms. The molecule has 0 N–H and O–H groups in total. The lowest BCUT2D eigenvalue weighted by molar-refractivity contribution is -0.0945. The average Bonchev–Trinajstić information content (AvgIpc) is 2.97. The van der Waals surface area contributed by atoms with Gasteiger partial charge in [-0.2, -0.15) is 13.2 Å². The third kappa shape index (κ3) is 2.95. The van der Waals surface area contributed by atoms with Crippen LogP contribution in [0.3, 0.4) is 0 Å². The van der Waals surface area contributed by atoms with Gasteiger partial charge < -0.3 is 4.74 Å². The molecule has 0 saturated carbocycles. The Labute approximate surface area is 136 Å². The molecule has 1 aliphatic heterocycles. The summed E-state index contributed by atoms with van der Waals surface area (Å²) in [5.74, 6) is 0.0458. The standard InChI is InChI=1S/C15H13F3N2O3S/c1-2-24(21,22)12-4-3-7-19-13(12)14-20-10-8-9(15(16,17)18)5-6-11(10)23-14/h3-7,10H,2,8H2,1H3. The monoisotopic (exact) mass is 358 g/mol. The Morgan fingerprint density at radius 3 is 2.75 bits per heavy atom. The SMILES string of the molecule is CCS(=O)(=O)c1cccnc1C1=NC2CC(C(F)(F)F)=CC=C2O1. The van der Waals surface area contributed by atoms with Crippen molar-refractivity contribution in [2.24, 2.45) is 4.99 Å². The van der Waals surface area contributed by atoms with Crippen LogP contribution in [0, 0.1) is 0 Å². The number of sulfone groups is 1. The summed E-state index contributed by atoms with van der Waals surface area (Å²) in [5, 5.41) is 0. The number of ether oxygens (including phenoxy) is 1. The topological polar surface area (TPSA) is 68.6 Å². The maximum Gasteiger partial charge on any atom is 0.412 e. The second-order valence-electron chi connectivity index (χ2n) is 5.27. The summed E-state index contributed by atoms with van der Waals surface area (Å²) in [5.41, 5.74) is -0.685. The van der Waals surface area contributed by atoms with Gasteiger partial charge in [0.2, 0.25) is 5.90 Å². The predicted molar refractivity (Wildman–Crippen MR) is 80.2 cm³/mol. The van der Waals surface area contributed by atoms with E-state index >= 15 is 0 Å². The number of nitrogens with zero attached hydrogens (tertiary/aromatic N) is 2. The quantitative estimate of drug-likeness (QED) is 0.833. The molecule has 1 unspecified atom stereocenters. The molecule has 1 aromatic heterocycles. The van der Waals surface area contributed by atoms with Crippen molar-refractivity contribution < 1.29 is 26.3 Å². The fourth-order valence-electron chi connectivity index (χ4n) is 2.44. The minimum absolute atomic E-state index is 0.0169. The zero-order chi connectivity index (χ0) is 17.5. The molecule has 24 heavy (non-hydrogen) atoms. The zero-order valence-electron chi connectivity index (χ0n) is 12.5. The third-order valence-corrected chi connectivity index (χ3v) is 5.49. The van der Waals surface area contributed by atoms with Gasteiger partial charge in [0.1, 0.15) is 17.5 Å². The summed E-state index contributed by atoms with van der Waals surface area (Å²) in [4.78, 5) is 8.06. The van der Waals surface area contributed by atoms with Gasteiger partial charge in [-0.15, -0.1) is 0 Å². The molecule has 0 radical (unpaired) electrons. The van der Waals surface area contributed by atoms with Crippen molar-refractivity contribution in [3.63, 3.8) is 0 Å². The molecule has 1 atom stereocenters. The van der Waals surface area contributed by atoms with Crippen molar-refractivity contribution in [2.75, 3.05) is 5.75 Å². The van der Waals surface area contributed by atoms with E-state index in [0.29, 0.717) is 0 Å². The molecule has 128 valence electrons. The lowest BCUT2D eigenvalue weighted by atomic mass is 9.99. The van der Waals surface area contributed by atoms with Crippen LogP contribution >= 0.6 is 0 Å². The molecule has 2 aliphatic rings. The highest BCUT2D eigenvalue weighted by molar-refractivity contribution is 7.91. The maximum atomic E-state index is 12.8. The number of halogens is 3. The van der Waals surface area contributed by atoms with E-state index in [1.54, 1.807) is 0 Å². The van der Waals surface area contributed by atoms with E-state index in [-0.39, 0.29) is 34.4 Å². The van der Waals surface area contributed by atoms with Crippen LogP contribution in [0.25, 0.3) is 0 Å². The van der Waals surface area contributed by atoms with Crippen molar-refractivity contribution in [3.05, 3.63) is 47.5 Å². The van der Waals surface area contributed by atoms with Crippen molar-refractivity contribution in [1.29, 1.82) is 0 Å². The summed E-state index contributed by atoms with van der Waals surface area (Å²) in [7, 11) is -3.57. The fraction of sp³-hybridized carbons (Fsp3) is 0.333. The zero-order valence-corrected chi connectivity index (χ0v) is 13.4. The predicted octanol–water partition coefficient (Wildman–Crippen LogP) is 2.80. The molecule has 2 heterocycles. The van der Waals surface area contributed by atoms with Crippen molar-refractivity contribution in [3.8, 4) is 0 Å². The minimum Gasteiger partial charge on any atom is -0.439 e. The number of rotatable bonds is 3. The van der Waals surface area contributed by atoms with Gasteiger partial charge in [-0.3, -0.25) is 0 Å². The van der Waals surface area contributed by atoms with Gasteiger partial charge in [0.25, 0.3) is 0 Å². The number of pyridine rings is 1. The van der Waals surface area contributed by atoms with Crippen LogP contribution in [0.1, 0.15) is 19.0 Å². The smallest absolute Gasteiger partial charge is 0.412 e. The van der Waals surface area contributed by atoms with Gasteiger partial charge in [-0.25, -0.2) is 18.4 Å². The summed E-state index contributed by atoms with van der Waals surface area (Å²) in [6, 6.07) is 2.03. The average molecular weight is 358 g/mol. The molecule has 0 amide bonds. The van der Waals surface area contributed by atoms with Crippen molar-refractivity contribution >= 4 is 15.7 Å². The molecule has 0 saturated heterocycles. The molecule has 0 bridgehead atoms. The van der Waals surface area contributed by atoms with Crippen molar-refractivity contribution in [2.45, 2.75) is 30.5 Å². The summed E-state index contributed by atoms with van der Waals surface area (Å²) < 4.78 is 68.2. The van der Waals surface area contributed by atoms with Crippen LogP contribution in [0.2, 0.25) is 0 Å². The first-order valence-electron chi connectivity index (χ1n) is 7.14. The Bertz CT molecular complexity index is 870. The molecule has 0 spiro atoms. The maximum absolute atomic E-state index is 12.8. The first-order chi connectivity index (χ1) is 11.2. The molecule has 0 aromatic carbocycles. The summed E-state index contributed by atoms with van der Waals surface area (Å²) in [6.45, 7) is 1.49. The Morgan fingerprint density at radius 2 is 2.08 bits per heavy atom. The number of hydrogen-bond acceptors (Lipinski definition) is 5. The third-order valence-electron chi connectivity index (χ3n) is 3.73. The molecule has 5 nitrogen and oxygen atoms in total. The first-order valence-corrected chi connectivity index (χ1v) is 8.79. The summed E-state index contributed by atoms with van der Waals surface area (Å²) in [6.07, 6.45) is -1.23. The molecular formula is C15H13F3N2O3S. The molecular weight excluding hydrogens is 345 g/mol. The number of fused-ring (bicyclic) bond motifs is 1. The van der Waals surface area contributed by atoms with Crippen LogP contribution < -0.4 is 0 Å². The number of aromatic nitrogens is 1. The van der Waals surface area contributed by atoms with E-state index in [1.165, 1.54) is 31.3 Å². The van der Waals surface area contributed by atoms with Gasteiger partial charge in [0, 0.05) is 18.2 Å². The number of allylic oxidation sites excluding steroid dienone is 2. The normalized spacial score (nSPS) is 20.7. The highest BCUT2D eigenvalue weighted by atomic mass is 32.2. The highest BCUT2D eigenvalue weighted by Gasteiger charge is 2.40. The van der Waals surface area contributed by atoms with Gasteiger partial charge in [0.15, 0.2) is 9.84 Å². The second-order valence-corrected chi connectivity index (χ2v) is 7.52. The van der Waals surface area contributed by atoms with Crippen LogP contribution in [0.15, 0.2) is 51.7 Å². The van der Waals surface area contributed by atoms with E-state index in [2.05, 4.69) is 9.98 Å². The largest absolute Gasteiger partial charge is 0.439 e. The molecule has 3 rings (SSSR count). The second kappa shape index (κ2) is 5.73.